The summed E-state index contributed by atoms with van der Waals surface area (Å²) in [6.07, 6.45) is 1.87. The molecule has 0 amide bonds. The predicted octanol–water partition coefficient (Wildman–Crippen LogP) is 0.688. The second-order valence-electron chi connectivity index (χ2n) is 0.835. The molecule has 0 saturated heterocycles. The molecule has 1 N–H and O–H groups in total. The zero-order valence-electron chi connectivity index (χ0n) is 3.43. The monoisotopic (exact) mass is 92.0 g/mol. The Morgan fingerprint density at radius 2 is 2.00 bits per heavy atom. The normalized spacial score (nSPS) is 15.0. The molecule has 2 heteroatoms. The van der Waals surface area contributed by atoms with Crippen molar-refractivity contribution >= 4 is 11.8 Å². The smallest absolute Gasteiger partial charge is 0.0961 e. The summed E-state index contributed by atoms with van der Waals surface area (Å²) in [5.74, 6) is 0. The first-order valence-electron chi connectivity index (χ1n) is 1.48. The van der Waals surface area contributed by atoms with Crippen molar-refractivity contribution in [3.05, 3.63) is 0 Å². The van der Waals surface area contributed by atoms with Crippen molar-refractivity contribution in [2.24, 2.45) is 0 Å². The van der Waals surface area contributed by atoms with E-state index in [2.05, 4.69) is 0 Å². The van der Waals surface area contributed by atoms with Crippen LogP contribution >= 0.6 is 11.8 Å². The van der Waals surface area contributed by atoms with Crippen LogP contribution in [0.4, 0.5) is 0 Å². The third-order valence-corrected chi connectivity index (χ3v) is 1.02. The van der Waals surface area contributed by atoms with Crippen molar-refractivity contribution in [3.8, 4) is 0 Å². The lowest BCUT2D eigenvalue weighted by Crippen LogP contribution is -1.86. The van der Waals surface area contributed by atoms with E-state index in [-0.39, 0.29) is 5.44 Å². The molecule has 0 fully saturated rings. The molecule has 1 nitrogen and oxygen atoms in total. The molecule has 0 rings (SSSR count). The summed E-state index contributed by atoms with van der Waals surface area (Å²) in [6.45, 7) is 1.74. The topological polar surface area (TPSA) is 20.2 Å². The van der Waals surface area contributed by atoms with Gasteiger partial charge in [0, 0.05) is 0 Å². The summed E-state index contributed by atoms with van der Waals surface area (Å²) in [6, 6.07) is 0. The molecule has 0 spiro atoms. The van der Waals surface area contributed by atoms with Gasteiger partial charge in [-0.15, -0.1) is 11.8 Å². The van der Waals surface area contributed by atoms with Crippen molar-refractivity contribution in [1.82, 2.24) is 0 Å². The van der Waals surface area contributed by atoms with Gasteiger partial charge in [-0.05, 0) is 13.2 Å². The number of rotatable bonds is 1. The maximum atomic E-state index is 8.32. The SMILES string of the molecule is CSC(C)O. The number of aliphatic hydroxyl groups is 1. The van der Waals surface area contributed by atoms with E-state index in [1.165, 1.54) is 11.8 Å². The fourth-order valence-corrected chi connectivity index (χ4v) is 0. The maximum absolute atomic E-state index is 8.32. The minimum atomic E-state index is -0.199. The van der Waals surface area contributed by atoms with E-state index in [0.29, 0.717) is 0 Å². The van der Waals surface area contributed by atoms with E-state index in [1.54, 1.807) is 6.92 Å². The highest BCUT2D eigenvalue weighted by atomic mass is 32.2. The molecule has 0 aromatic carbocycles. The van der Waals surface area contributed by atoms with E-state index in [9.17, 15) is 0 Å². The number of thioether (sulfide) groups is 1. The summed E-state index contributed by atoms with van der Waals surface area (Å²) in [5, 5.41) is 8.32. The summed E-state index contributed by atoms with van der Waals surface area (Å²) in [7, 11) is 0. The van der Waals surface area contributed by atoms with Gasteiger partial charge in [-0.2, -0.15) is 0 Å². The van der Waals surface area contributed by atoms with Crippen LogP contribution < -0.4 is 0 Å². The number of aliphatic hydroxyl groups excluding tert-OH is 1. The molecule has 0 heterocycles. The Bertz CT molecular complexity index is 20.9. The van der Waals surface area contributed by atoms with Gasteiger partial charge in [0.2, 0.25) is 0 Å². The van der Waals surface area contributed by atoms with E-state index in [4.69, 9.17) is 5.11 Å². The van der Waals surface area contributed by atoms with Crippen LogP contribution in [-0.4, -0.2) is 16.8 Å². The molecule has 0 aromatic rings. The average molecular weight is 92.2 g/mol. The fourth-order valence-electron chi connectivity index (χ4n) is 0. The Morgan fingerprint density at radius 3 is 2.00 bits per heavy atom. The number of hydrogen-bond donors (Lipinski definition) is 1. The molecule has 0 bridgehead atoms. The Hall–Kier alpha value is 0.310. The summed E-state index contributed by atoms with van der Waals surface area (Å²) in [4.78, 5) is 0. The van der Waals surface area contributed by atoms with Crippen molar-refractivity contribution in [3.63, 3.8) is 0 Å². The van der Waals surface area contributed by atoms with Crippen molar-refractivity contribution in [1.29, 1.82) is 0 Å². The Balaban J connectivity index is 2.54. The minimum absolute atomic E-state index is 0.199. The van der Waals surface area contributed by atoms with Crippen LogP contribution in [0.3, 0.4) is 0 Å². The first-order valence-corrected chi connectivity index (χ1v) is 2.77. The Labute approximate surface area is 36.4 Å². The van der Waals surface area contributed by atoms with Gasteiger partial charge in [-0.1, -0.05) is 0 Å². The number of hydrogen-bond acceptors (Lipinski definition) is 2. The van der Waals surface area contributed by atoms with Crippen LogP contribution in [0.2, 0.25) is 0 Å². The van der Waals surface area contributed by atoms with Gasteiger partial charge < -0.3 is 5.11 Å². The largest absolute Gasteiger partial charge is 0.383 e. The van der Waals surface area contributed by atoms with Gasteiger partial charge >= 0.3 is 0 Å². The van der Waals surface area contributed by atoms with Crippen molar-refractivity contribution in [2.45, 2.75) is 12.4 Å². The van der Waals surface area contributed by atoms with Gasteiger partial charge in [0.15, 0.2) is 0 Å². The second-order valence-corrected chi connectivity index (χ2v) is 1.99. The molecule has 0 aliphatic heterocycles. The van der Waals surface area contributed by atoms with Gasteiger partial charge in [-0.3, -0.25) is 0 Å². The van der Waals surface area contributed by atoms with Crippen molar-refractivity contribution < 1.29 is 5.11 Å². The van der Waals surface area contributed by atoms with Crippen molar-refractivity contribution in [2.75, 3.05) is 6.26 Å². The van der Waals surface area contributed by atoms with Crippen LogP contribution in [0.15, 0.2) is 0 Å². The molecule has 5 heavy (non-hydrogen) atoms. The van der Waals surface area contributed by atoms with Crippen LogP contribution in [0.25, 0.3) is 0 Å². The lowest BCUT2D eigenvalue weighted by Gasteiger charge is -1.90. The quantitative estimate of drug-likeness (QED) is 0.480. The van der Waals surface area contributed by atoms with E-state index >= 15 is 0 Å². The standard InChI is InChI=1S/C3H8OS/c1-3(4)5-2/h3-4H,1-2H3. The zero-order chi connectivity index (χ0) is 4.28. The van der Waals surface area contributed by atoms with E-state index in [0.717, 1.165) is 0 Å². The maximum Gasteiger partial charge on any atom is 0.0961 e. The first kappa shape index (κ1) is 5.31. The Kier molecular flexibility index (Phi) is 2.70. The minimum Gasteiger partial charge on any atom is -0.383 e. The fraction of sp³-hybridized carbons (Fsp3) is 1.00. The molecule has 1 unspecified atom stereocenters. The molecule has 0 aliphatic carbocycles. The lowest BCUT2D eigenvalue weighted by molar-refractivity contribution is 0.284. The first-order chi connectivity index (χ1) is 2.27. The molecule has 0 aromatic heterocycles. The van der Waals surface area contributed by atoms with Gasteiger partial charge in [0.25, 0.3) is 0 Å². The van der Waals surface area contributed by atoms with Gasteiger partial charge in [0.1, 0.15) is 0 Å². The zero-order valence-corrected chi connectivity index (χ0v) is 4.25. The summed E-state index contributed by atoms with van der Waals surface area (Å²) < 4.78 is 0. The van der Waals surface area contributed by atoms with Gasteiger partial charge in [-0.25, -0.2) is 0 Å². The lowest BCUT2D eigenvalue weighted by atomic mass is 10.9. The Morgan fingerprint density at radius 1 is 1.80 bits per heavy atom. The molecule has 0 saturated carbocycles. The molecular formula is C3H8OS. The second kappa shape index (κ2) is 2.54. The van der Waals surface area contributed by atoms with Crippen LogP contribution in [0, 0.1) is 0 Å². The molecule has 1 atom stereocenters. The highest BCUT2D eigenvalue weighted by Crippen LogP contribution is 1.96. The highest BCUT2D eigenvalue weighted by molar-refractivity contribution is 7.99. The molecule has 32 valence electrons. The summed E-state index contributed by atoms with van der Waals surface area (Å²) in [5.41, 5.74) is -0.199. The molecular weight excluding hydrogens is 84.1 g/mol. The van der Waals surface area contributed by atoms with Crippen LogP contribution in [0.5, 0.6) is 0 Å². The molecule has 0 aliphatic rings. The molecule has 0 radical (unpaired) electrons. The van der Waals surface area contributed by atoms with E-state index in [1.807, 2.05) is 6.26 Å². The van der Waals surface area contributed by atoms with Gasteiger partial charge in [0.05, 0.1) is 5.44 Å². The van der Waals surface area contributed by atoms with Crippen LogP contribution in [-0.2, 0) is 0 Å². The summed E-state index contributed by atoms with van der Waals surface area (Å²) >= 11 is 1.44. The highest BCUT2D eigenvalue weighted by Gasteiger charge is 1.81. The third-order valence-electron chi connectivity index (χ3n) is 0.341. The average Bonchev–Trinajstić information content (AvgIpc) is 1.38. The predicted molar refractivity (Wildman–Crippen MR) is 25.2 cm³/mol. The van der Waals surface area contributed by atoms with Crippen LogP contribution in [0.1, 0.15) is 6.92 Å². The third kappa shape index (κ3) is 4.31. The van der Waals surface area contributed by atoms with E-state index < -0.39 is 0 Å².